The van der Waals surface area contributed by atoms with Crippen molar-refractivity contribution in [2.24, 2.45) is 5.92 Å². The van der Waals surface area contributed by atoms with Crippen molar-refractivity contribution in [1.29, 1.82) is 0 Å². The van der Waals surface area contributed by atoms with E-state index in [0.717, 1.165) is 11.1 Å². The zero-order valence-corrected chi connectivity index (χ0v) is 12.5. The largest absolute Gasteiger partial charge is 0.396 e. The maximum atomic E-state index is 9.25. The van der Waals surface area contributed by atoms with Gasteiger partial charge in [-0.3, -0.25) is 0 Å². The van der Waals surface area contributed by atoms with E-state index in [-0.39, 0.29) is 12.5 Å². The van der Waals surface area contributed by atoms with Gasteiger partial charge in [-0.15, -0.1) is 0 Å². The quantitative estimate of drug-likeness (QED) is 0.485. The molecule has 5 heteroatoms. The number of hydrogen-bond donors (Lipinski definition) is 1. The molecule has 0 unspecified atom stereocenters. The van der Waals surface area contributed by atoms with Gasteiger partial charge in [0.1, 0.15) is 0 Å². The highest BCUT2D eigenvalue weighted by atomic mass is 16.7. The summed E-state index contributed by atoms with van der Waals surface area (Å²) in [5, 5.41) is 9.25. The molecule has 0 saturated carbocycles. The van der Waals surface area contributed by atoms with Crippen molar-refractivity contribution in [2.45, 2.75) is 25.9 Å². The minimum atomic E-state index is -0.527. The molecule has 19 heavy (non-hydrogen) atoms. The third-order valence-electron chi connectivity index (χ3n) is 3.03. The van der Waals surface area contributed by atoms with E-state index in [1.54, 1.807) is 28.4 Å². The summed E-state index contributed by atoms with van der Waals surface area (Å²) < 4.78 is 21.0. The summed E-state index contributed by atoms with van der Waals surface area (Å²) in [7, 11) is 6.24. The maximum Gasteiger partial charge on any atom is 0.179 e. The maximum absolute atomic E-state index is 9.25. The average molecular weight is 274 g/mol. The molecule has 0 aliphatic rings. The van der Waals surface area contributed by atoms with Crippen molar-refractivity contribution in [1.82, 2.24) is 0 Å². The molecule has 0 radical (unpaired) electrons. The number of aliphatic hydroxyl groups excluding tert-OH is 1. The summed E-state index contributed by atoms with van der Waals surface area (Å²) in [6.45, 7) is 5.95. The molecule has 1 N–H and O–H groups in total. The molecule has 0 spiro atoms. The Morgan fingerprint density at radius 3 is 1.84 bits per heavy atom. The second kappa shape index (κ2) is 10.1. The summed E-state index contributed by atoms with van der Waals surface area (Å²) in [5.41, 5.74) is 1.62. The minimum Gasteiger partial charge on any atom is -0.396 e. The van der Waals surface area contributed by atoms with Crippen molar-refractivity contribution < 1.29 is 24.1 Å². The Morgan fingerprint density at radius 1 is 1.05 bits per heavy atom. The molecule has 0 aromatic carbocycles. The number of methoxy groups -OCH3 is 4. The van der Waals surface area contributed by atoms with Crippen LogP contribution in [0.5, 0.6) is 0 Å². The van der Waals surface area contributed by atoms with E-state index in [1.165, 1.54) is 0 Å². The molecule has 0 aromatic heterocycles. The number of hydrogen-bond acceptors (Lipinski definition) is 5. The van der Waals surface area contributed by atoms with Crippen LogP contribution in [0.25, 0.3) is 0 Å². The zero-order valence-electron chi connectivity index (χ0n) is 12.5. The molecular formula is C14H26O5. The number of allylic oxidation sites excluding steroid dienone is 1. The van der Waals surface area contributed by atoms with Gasteiger partial charge in [0.15, 0.2) is 12.6 Å². The van der Waals surface area contributed by atoms with Crippen LogP contribution in [0.1, 0.15) is 13.3 Å². The molecule has 0 saturated heterocycles. The summed E-state index contributed by atoms with van der Waals surface area (Å²) >= 11 is 0. The molecule has 1 atom stereocenters. The highest BCUT2D eigenvalue weighted by Crippen LogP contribution is 2.30. The van der Waals surface area contributed by atoms with E-state index in [2.05, 4.69) is 6.58 Å². The second-order valence-corrected chi connectivity index (χ2v) is 4.04. The Kier molecular flexibility index (Phi) is 9.73. The summed E-state index contributed by atoms with van der Waals surface area (Å²) in [6, 6.07) is 0. The van der Waals surface area contributed by atoms with Gasteiger partial charge >= 0.3 is 0 Å². The Bertz CT molecular complexity index is 280. The van der Waals surface area contributed by atoms with Crippen LogP contribution in [0.15, 0.2) is 23.8 Å². The average Bonchev–Trinajstić information content (AvgIpc) is 2.43. The first-order valence-corrected chi connectivity index (χ1v) is 6.17. The molecule has 0 heterocycles. The molecule has 5 nitrogen and oxygen atoms in total. The minimum absolute atomic E-state index is 0.0291. The predicted molar refractivity (Wildman–Crippen MR) is 73.7 cm³/mol. The van der Waals surface area contributed by atoms with E-state index >= 15 is 0 Å². The second-order valence-electron chi connectivity index (χ2n) is 4.04. The summed E-state index contributed by atoms with van der Waals surface area (Å²) in [5.74, 6) is -0.134. The molecule has 0 aliphatic carbocycles. The van der Waals surface area contributed by atoms with Crippen LogP contribution in [0.3, 0.4) is 0 Å². The molecule has 0 amide bonds. The molecule has 0 bridgehead atoms. The lowest BCUT2D eigenvalue weighted by atomic mass is 9.87. The third kappa shape index (κ3) is 5.04. The molecule has 0 aliphatic heterocycles. The Balaban J connectivity index is 5.21. The fraction of sp³-hybridized carbons (Fsp3) is 0.714. The lowest BCUT2D eigenvalue weighted by Gasteiger charge is -2.29. The monoisotopic (exact) mass is 274 g/mol. The van der Waals surface area contributed by atoms with E-state index in [1.807, 2.05) is 13.0 Å². The van der Waals surface area contributed by atoms with Gasteiger partial charge in [-0.05, 0) is 24.5 Å². The van der Waals surface area contributed by atoms with Gasteiger partial charge < -0.3 is 24.1 Å². The normalized spacial score (nSPS) is 14.2. The van der Waals surface area contributed by atoms with E-state index in [0.29, 0.717) is 6.42 Å². The fourth-order valence-electron chi connectivity index (χ4n) is 2.13. The summed E-state index contributed by atoms with van der Waals surface area (Å²) in [4.78, 5) is 0. The van der Waals surface area contributed by atoms with Crippen LogP contribution in [0, 0.1) is 5.92 Å². The third-order valence-corrected chi connectivity index (χ3v) is 3.03. The van der Waals surface area contributed by atoms with Gasteiger partial charge in [-0.1, -0.05) is 12.7 Å². The Labute approximate surface area is 115 Å². The van der Waals surface area contributed by atoms with E-state index in [4.69, 9.17) is 18.9 Å². The van der Waals surface area contributed by atoms with Gasteiger partial charge in [0.2, 0.25) is 0 Å². The highest BCUT2D eigenvalue weighted by Gasteiger charge is 2.28. The zero-order chi connectivity index (χ0) is 14.8. The van der Waals surface area contributed by atoms with E-state index < -0.39 is 12.6 Å². The highest BCUT2D eigenvalue weighted by molar-refractivity contribution is 5.22. The lowest BCUT2D eigenvalue weighted by molar-refractivity contribution is -0.0918. The Hall–Kier alpha value is -0.720. The first kappa shape index (κ1) is 18.3. The van der Waals surface area contributed by atoms with Crippen molar-refractivity contribution in [3.63, 3.8) is 0 Å². The molecule has 0 rings (SSSR count). The van der Waals surface area contributed by atoms with Crippen molar-refractivity contribution in [3.8, 4) is 0 Å². The molecule has 112 valence electrons. The first-order chi connectivity index (χ1) is 9.10. The van der Waals surface area contributed by atoms with Gasteiger partial charge in [-0.25, -0.2) is 0 Å². The van der Waals surface area contributed by atoms with Crippen LogP contribution >= 0.6 is 0 Å². The number of ether oxygens (including phenoxy) is 4. The van der Waals surface area contributed by atoms with Crippen molar-refractivity contribution >= 4 is 0 Å². The van der Waals surface area contributed by atoms with Crippen LogP contribution in [-0.2, 0) is 18.9 Å². The fourth-order valence-corrected chi connectivity index (χ4v) is 2.13. The smallest absolute Gasteiger partial charge is 0.179 e. The van der Waals surface area contributed by atoms with Crippen LogP contribution < -0.4 is 0 Å². The standard InChI is InChI=1S/C14H26O5/c1-7-11(14(18-5)19-6)12(8-9-15)10(2)13(16-3)17-4/h7,12-15H,2,8-9H2,1,3-6H3/b11-7+/t12-/m1/s1. The molecule has 0 fully saturated rings. The van der Waals surface area contributed by atoms with Gasteiger partial charge in [0.05, 0.1) is 0 Å². The molecular weight excluding hydrogens is 248 g/mol. The van der Waals surface area contributed by atoms with Crippen LogP contribution in [-0.4, -0.2) is 52.7 Å². The van der Waals surface area contributed by atoms with Crippen molar-refractivity contribution in [2.75, 3.05) is 35.0 Å². The lowest BCUT2D eigenvalue weighted by Crippen LogP contribution is -2.29. The van der Waals surface area contributed by atoms with Gasteiger partial charge in [0.25, 0.3) is 0 Å². The number of aliphatic hydroxyl groups is 1. The van der Waals surface area contributed by atoms with E-state index in [9.17, 15) is 5.11 Å². The van der Waals surface area contributed by atoms with Crippen molar-refractivity contribution in [3.05, 3.63) is 23.8 Å². The SMILES string of the molecule is C=C(C(OC)OC)[C@@H](CCO)/C(=C\C)C(OC)OC. The Morgan fingerprint density at radius 2 is 1.53 bits per heavy atom. The van der Waals surface area contributed by atoms with Gasteiger partial charge in [-0.2, -0.15) is 0 Å². The first-order valence-electron chi connectivity index (χ1n) is 6.17. The van der Waals surface area contributed by atoms with Gasteiger partial charge in [0, 0.05) is 41.0 Å². The number of rotatable bonds is 10. The summed E-state index contributed by atoms with van der Waals surface area (Å²) in [6.07, 6.45) is 1.41. The predicted octanol–water partition coefficient (Wildman–Crippen LogP) is 1.73. The topological polar surface area (TPSA) is 57.2 Å². The molecule has 0 aromatic rings. The van der Waals surface area contributed by atoms with Crippen LogP contribution in [0.2, 0.25) is 0 Å². The van der Waals surface area contributed by atoms with Crippen LogP contribution in [0.4, 0.5) is 0 Å².